The number of hydrogen-bond acceptors (Lipinski definition) is 1. The molecular formula is C17H19BrClN. The van der Waals surface area contributed by atoms with Crippen LogP contribution in [0.1, 0.15) is 48.9 Å². The minimum atomic E-state index is -0.130. The Morgan fingerprint density at radius 1 is 1.05 bits per heavy atom. The molecule has 2 aromatic carbocycles. The van der Waals surface area contributed by atoms with Crippen LogP contribution >= 0.6 is 27.5 Å². The molecule has 0 saturated heterocycles. The molecule has 0 aliphatic heterocycles. The SMILES string of the molecule is CCC(C)c1ccc(C(N)c2ccc(Cl)c(Br)c2)cc1. The Morgan fingerprint density at radius 2 is 1.60 bits per heavy atom. The van der Waals surface area contributed by atoms with E-state index in [1.54, 1.807) is 0 Å². The van der Waals surface area contributed by atoms with Crippen molar-refractivity contribution in [3.63, 3.8) is 0 Å². The van der Waals surface area contributed by atoms with Crippen LogP contribution in [0.3, 0.4) is 0 Å². The minimum Gasteiger partial charge on any atom is -0.320 e. The van der Waals surface area contributed by atoms with Gasteiger partial charge in [-0.15, -0.1) is 0 Å². The van der Waals surface area contributed by atoms with E-state index in [-0.39, 0.29) is 6.04 Å². The number of hydrogen-bond donors (Lipinski definition) is 1. The summed E-state index contributed by atoms with van der Waals surface area (Å²) in [6, 6.07) is 14.3. The predicted molar refractivity (Wildman–Crippen MR) is 90.3 cm³/mol. The molecule has 106 valence electrons. The van der Waals surface area contributed by atoms with Crippen molar-refractivity contribution in [2.24, 2.45) is 5.73 Å². The lowest BCUT2D eigenvalue weighted by Crippen LogP contribution is -2.12. The first-order chi connectivity index (χ1) is 9.52. The van der Waals surface area contributed by atoms with Crippen LogP contribution in [0, 0.1) is 0 Å². The predicted octanol–water partition coefficient (Wildman–Crippen LogP) is 5.66. The zero-order chi connectivity index (χ0) is 14.7. The minimum absolute atomic E-state index is 0.130. The molecule has 0 aliphatic carbocycles. The van der Waals surface area contributed by atoms with Gasteiger partial charge in [-0.1, -0.05) is 55.8 Å². The van der Waals surface area contributed by atoms with Gasteiger partial charge < -0.3 is 5.73 Å². The second-order valence-electron chi connectivity index (χ2n) is 5.13. The van der Waals surface area contributed by atoms with Crippen molar-refractivity contribution in [1.82, 2.24) is 0 Å². The molecule has 2 unspecified atom stereocenters. The highest BCUT2D eigenvalue weighted by Crippen LogP contribution is 2.28. The Balaban J connectivity index is 2.24. The summed E-state index contributed by atoms with van der Waals surface area (Å²) in [5.74, 6) is 0.588. The van der Waals surface area contributed by atoms with E-state index < -0.39 is 0 Å². The summed E-state index contributed by atoms with van der Waals surface area (Å²) in [4.78, 5) is 0. The van der Waals surface area contributed by atoms with Gasteiger partial charge in [0.2, 0.25) is 0 Å². The first-order valence-corrected chi connectivity index (χ1v) is 8.00. The van der Waals surface area contributed by atoms with Crippen molar-refractivity contribution < 1.29 is 0 Å². The van der Waals surface area contributed by atoms with Crippen molar-refractivity contribution in [2.45, 2.75) is 32.2 Å². The van der Waals surface area contributed by atoms with E-state index in [1.165, 1.54) is 5.56 Å². The molecule has 0 saturated carbocycles. The van der Waals surface area contributed by atoms with E-state index in [9.17, 15) is 0 Å². The van der Waals surface area contributed by atoms with Crippen molar-refractivity contribution in [3.8, 4) is 0 Å². The molecule has 2 aromatic rings. The lowest BCUT2D eigenvalue weighted by atomic mass is 9.94. The first-order valence-electron chi connectivity index (χ1n) is 6.83. The Bertz CT molecular complexity index is 580. The molecule has 1 nitrogen and oxygen atoms in total. The fourth-order valence-electron chi connectivity index (χ4n) is 2.17. The highest BCUT2D eigenvalue weighted by atomic mass is 79.9. The second-order valence-corrected chi connectivity index (χ2v) is 6.39. The van der Waals surface area contributed by atoms with Crippen molar-refractivity contribution in [3.05, 3.63) is 68.7 Å². The maximum Gasteiger partial charge on any atom is 0.0552 e. The van der Waals surface area contributed by atoms with Crippen molar-refractivity contribution in [2.75, 3.05) is 0 Å². The summed E-state index contributed by atoms with van der Waals surface area (Å²) >= 11 is 9.45. The second kappa shape index (κ2) is 6.75. The third-order valence-electron chi connectivity index (χ3n) is 3.78. The molecule has 3 heteroatoms. The fraction of sp³-hybridized carbons (Fsp3) is 0.294. The van der Waals surface area contributed by atoms with Gasteiger partial charge in [0.1, 0.15) is 0 Å². The summed E-state index contributed by atoms with van der Waals surface area (Å²) < 4.78 is 0.878. The van der Waals surface area contributed by atoms with E-state index in [1.807, 2.05) is 18.2 Å². The third-order valence-corrected chi connectivity index (χ3v) is 4.99. The summed E-state index contributed by atoms with van der Waals surface area (Å²) in [5.41, 5.74) is 9.86. The van der Waals surface area contributed by atoms with Gasteiger partial charge >= 0.3 is 0 Å². The van der Waals surface area contributed by atoms with Crippen LogP contribution in [-0.2, 0) is 0 Å². The van der Waals surface area contributed by atoms with E-state index in [0.29, 0.717) is 10.9 Å². The van der Waals surface area contributed by atoms with E-state index in [4.69, 9.17) is 17.3 Å². The van der Waals surface area contributed by atoms with E-state index >= 15 is 0 Å². The largest absolute Gasteiger partial charge is 0.320 e. The molecule has 0 heterocycles. The van der Waals surface area contributed by atoms with Crippen molar-refractivity contribution >= 4 is 27.5 Å². The zero-order valence-electron chi connectivity index (χ0n) is 11.7. The first kappa shape index (κ1) is 15.6. The Labute approximate surface area is 134 Å². The smallest absolute Gasteiger partial charge is 0.0552 e. The van der Waals surface area contributed by atoms with Crippen LogP contribution < -0.4 is 5.73 Å². The standard InChI is InChI=1S/C17H19BrClN/c1-3-11(2)12-4-6-13(7-5-12)17(20)14-8-9-16(19)15(18)10-14/h4-11,17H,3,20H2,1-2H3. The molecule has 0 radical (unpaired) electrons. The van der Waals surface area contributed by atoms with Gasteiger partial charge in [0.15, 0.2) is 0 Å². The average Bonchev–Trinajstić information content (AvgIpc) is 2.48. The normalized spacial score (nSPS) is 14.1. The number of rotatable bonds is 4. The maximum atomic E-state index is 6.33. The molecule has 2 rings (SSSR count). The summed E-state index contributed by atoms with van der Waals surface area (Å²) in [6.07, 6.45) is 1.15. The van der Waals surface area contributed by atoms with Crippen LogP contribution in [0.25, 0.3) is 0 Å². The number of halogens is 2. The summed E-state index contributed by atoms with van der Waals surface area (Å²) in [5, 5.41) is 0.702. The summed E-state index contributed by atoms with van der Waals surface area (Å²) in [6.45, 7) is 4.45. The zero-order valence-corrected chi connectivity index (χ0v) is 14.1. The van der Waals surface area contributed by atoms with Crippen LogP contribution in [0.15, 0.2) is 46.9 Å². The van der Waals surface area contributed by atoms with Crippen LogP contribution in [-0.4, -0.2) is 0 Å². The van der Waals surface area contributed by atoms with Crippen LogP contribution in [0.4, 0.5) is 0 Å². The molecule has 2 atom stereocenters. The number of benzene rings is 2. The van der Waals surface area contributed by atoms with Gasteiger partial charge in [-0.25, -0.2) is 0 Å². The molecule has 0 bridgehead atoms. The molecular weight excluding hydrogens is 334 g/mol. The van der Waals surface area contributed by atoms with Crippen molar-refractivity contribution in [1.29, 1.82) is 0 Å². The third kappa shape index (κ3) is 3.43. The Morgan fingerprint density at radius 3 is 2.15 bits per heavy atom. The highest BCUT2D eigenvalue weighted by Gasteiger charge is 2.11. The molecule has 2 N–H and O–H groups in total. The topological polar surface area (TPSA) is 26.0 Å². The lowest BCUT2D eigenvalue weighted by Gasteiger charge is -2.15. The molecule has 0 fully saturated rings. The number of nitrogens with two attached hydrogens (primary N) is 1. The molecule has 0 spiro atoms. The van der Waals surface area contributed by atoms with Gasteiger partial charge in [0.25, 0.3) is 0 Å². The van der Waals surface area contributed by atoms with Gasteiger partial charge in [-0.3, -0.25) is 0 Å². The molecule has 0 aromatic heterocycles. The van der Waals surface area contributed by atoms with Crippen LogP contribution in [0.2, 0.25) is 5.02 Å². The highest BCUT2D eigenvalue weighted by molar-refractivity contribution is 9.10. The Kier molecular flexibility index (Phi) is 5.25. The van der Waals surface area contributed by atoms with E-state index in [0.717, 1.165) is 22.0 Å². The Hall–Kier alpha value is -0.830. The quantitative estimate of drug-likeness (QED) is 0.754. The molecule has 20 heavy (non-hydrogen) atoms. The van der Waals surface area contributed by atoms with E-state index in [2.05, 4.69) is 54.0 Å². The molecule has 0 amide bonds. The van der Waals surface area contributed by atoms with Gasteiger partial charge in [-0.2, -0.15) is 0 Å². The maximum absolute atomic E-state index is 6.33. The lowest BCUT2D eigenvalue weighted by molar-refractivity contribution is 0.732. The van der Waals surface area contributed by atoms with Gasteiger partial charge in [0.05, 0.1) is 11.1 Å². The van der Waals surface area contributed by atoms with Gasteiger partial charge in [0, 0.05) is 4.47 Å². The molecule has 0 aliphatic rings. The van der Waals surface area contributed by atoms with Crippen LogP contribution in [0.5, 0.6) is 0 Å². The van der Waals surface area contributed by atoms with Gasteiger partial charge in [-0.05, 0) is 57.1 Å². The fourth-order valence-corrected chi connectivity index (χ4v) is 2.68. The summed E-state index contributed by atoms with van der Waals surface area (Å²) in [7, 11) is 0. The average molecular weight is 353 g/mol. The monoisotopic (exact) mass is 351 g/mol.